The fourth-order valence-electron chi connectivity index (χ4n) is 5.93. The van der Waals surface area contributed by atoms with Crippen molar-refractivity contribution in [1.29, 1.82) is 0 Å². The number of rotatable bonds is 9. The Balaban J connectivity index is 1.34. The number of nitrogens with one attached hydrogen (secondary N) is 3. The number of hydrogen-bond acceptors (Lipinski definition) is 6. The Morgan fingerprint density at radius 3 is 2.54 bits per heavy atom. The molecule has 41 heavy (non-hydrogen) atoms. The first kappa shape index (κ1) is 28.8. The van der Waals surface area contributed by atoms with Gasteiger partial charge in [-0.3, -0.25) is 4.99 Å². The van der Waals surface area contributed by atoms with E-state index in [1.54, 1.807) is 19.4 Å². The number of methoxy groups -OCH3 is 1. The van der Waals surface area contributed by atoms with Crippen molar-refractivity contribution in [3.05, 3.63) is 107 Å². The van der Waals surface area contributed by atoms with E-state index in [4.69, 9.17) is 14.5 Å². The number of nitrogens with zero attached hydrogens (tertiary/aromatic N) is 1. The van der Waals surface area contributed by atoms with Gasteiger partial charge >= 0.3 is 6.03 Å². The van der Waals surface area contributed by atoms with E-state index in [1.165, 1.54) is 0 Å². The van der Waals surface area contributed by atoms with Gasteiger partial charge in [-0.05, 0) is 49.0 Å². The molecule has 216 valence electrons. The topological polar surface area (TPSA) is 104 Å². The molecule has 3 unspecified atom stereocenters. The molecule has 8 nitrogen and oxygen atoms in total. The standard InChI is InChI=1S/C33H40N4O4/c1-22-30(25-13-14-29(38)35-20-25)34-17-15-28(23-9-5-3-6-10-23)31(22)37-33(39)36-21-26-19-27(16-18-40-2)41-32(26)24-11-7-4-8-12-24/h3-14,20,26-29,32,35,38H,15-19,21H2,1-2H3,(H2,36,37,39)/t26-,27?,28?,29?,32-/m0/s1. The van der Waals surface area contributed by atoms with Crippen molar-refractivity contribution in [2.75, 3.05) is 26.8 Å². The van der Waals surface area contributed by atoms with Crippen molar-refractivity contribution >= 4 is 11.7 Å². The van der Waals surface area contributed by atoms with Crippen LogP contribution in [0.1, 0.15) is 49.3 Å². The van der Waals surface area contributed by atoms with Crippen LogP contribution in [-0.4, -0.2) is 56.0 Å². The van der Waals surface area contributed by atoms with Gasteiger partial charge in [0.15, 0.2) is 0 Å². The van der Waals surface area contributed by atoms with Crippen LogP contribution in [0, 0.1) is 5.92 Å². The van der Waals surface area contributed by atoms with Crippen LogP contribution >= 0.6 is 0 Å². The molecule has 3 aliphatic rings. The van der Waals surface area contributed by atoms with Gasteiger partial charge in [0.25, 0.3) is 0 Å². The van der Waals surface area contributed by atoms with E-state index >= 15 is 0 Å². The van der Waals surface area contributed by atoms with Crippen molar-refractivity contribution in [2.24, 2.45) is 10.9 Å². The molecule has 0 radical (unpaired) electrons. The first-order valence-electron chi connectivity index (χ1n) is 14.4. The van der Waals surface area contributed by atoms with Crippen molar-refractivity contribution in [2.45, 2.75) is 50.5 Å². The van der Waals surface area contributed by atoms with Crippen LogP contribution < -0.4 is 16.0 Å². The highest BCUT2D eigenvalue weighted by molar-refractivity contribution is 6.14. The quantitative estimate of drug-likeness (QED) is 0.358. The normalized spacial score (nSPS) is 26.1. The summed E-state index contributed by atoms with van der Waals surface area (Å²) in [4.78, 5) is 18.4. The Morgan fingerprint density at radius 1 is 1.12 bits per heavy atom. The van der Waals surface area contributed by atoms with E-state index < -0.39 is 6.23 Å². The van der Waals surface area contributed by atoms with Gasteiger partial charge < -0.3 is 30.5 Å². The zero-order valence-corrected chi connectivity index (χ0v) is 23.8. The van der Waals surface area contributed by atoms with Gasteiger partial charge in [0.2, 0.25) is 0 Å². The van der Waals surface area contributed by atoms with Crippen molar-refractivity contribution in [3.8, 4) is 0 Å². The fourth-order valence-corrected chi connectivity index (χ4v) is 5.93. The smallest absolute Gasteiger partial charge is 0.319 e. The number of ether oxygens (including phenoxy) is 2. The maximum absolute atomic E-state index is 13.5. The molecule has 2 aromatic rings. The summed E-state index contributed by atoms with van der Waals surface area (Å²) < 4.78 is 11.7. The van der Waals surface area contributed by atoms with Crippen molar-refractivity contribution < 1.29 is 19.4 Å². The molecule has 2 amide bonds. The lowest BCUT2D eigenvalue weighted by Crippen LogP contribution is -2.40. The van der Waals surface area contributed by atoms with Crippen LogP contribution in [0.2, 0.25) is 0 Å². The third-order valence-electron chi connectivity index (χ3n) is 8.02. The second-order valence-electron chi connectivity index (χ2n) is 10.8. The number of hydrogen-bond donors (Lipinski definition) is 4. The Kier molecular flexibility index (Phi) is 9.67. The molecule has 5 rings (SSSR count). The predicted molar refractivity (Wildman–Crippen MR) is 160 cm³/mol. The summed E-state index contributed by atoms with van der Waals surface area (Å²) >= 11 is 0. The molecule has 2 aromatic carbocycles. The number of carbonyl (C=O) groups excluding carboxylic acids is 1. The molecule has 0 aromatic heterocycles. The largest absolute Gasteiger partial charge is 0.385 e. The minimum atomic E-state index is -0.719. The second kappa shape index (κ2) is 13.8. The summed E-state index contributed by atoms with van der Waals surface area (Å²) in [6.45, 7) is 3.76. The van der Waals surface area contributed by atoms with E-state index in [1.807, 2.05) is 49.4 Å². The lowest BCUT2D eigenvalue weighted by molar-refractivity contribution is 0.0172. The molecular weight excluding hydrogens is 516 g/mol. The SMILES string of the molecule is COCCC1C[C@@H](CNC(=O)NC2=C(C)C(C3=CNC(O)C=C3)=NCCC2c2ccccc2)[C@H](c2ccccc2)O1. The third kappa shape index (κ3) is 7.14. The molecule has 1 saturated heterocycles. The summed E-state index contributed by atoms with van der Waals surface area (Å²) in [5.74, 6) is 0.131. The Hall–Kier alpha value is -3.72. The average Bonchev–Trinajstić information content (AvgIpc) is 3.35. The Bertz CT molecular complexity index is 1310. The minimum absolute atomic E-state index is 0.0137. The van der Waals surface area contributed by atoms with Crippen LogP contribution in [0.5, 0.6) is 0 Å². The highest BCUT2D eigenvalue weighted by Gasteiger charge is 2.36. The summed E-state index contributed by atoms with van der Waals surface area (Å²) in [6.07, 6.45) is 7.07. The van der Waals surface area contributed by atoms with E-state index in [0.717, 1.165) is 52.9 Å². The van der Waals surface area contributed by atoms with Gasteiger partial charge in [0.1, 0.15) is 6.23 Å². The number of urea groups is 1. The van der Waals surface area contributed by atoms with E-state index in [9.17, 15) is 9.90 Å². The zero-order valence-electron chi connectivity index (χ0n) is 23.8. The van der Waals surface area contributed by atoms with Gasteiger partial charge in [-0.1, -0.05) is 66.7 Å². The van der Waals surface area contributed by atoms with Crippen LogP contribution in [0.3, 0.4) is 0 Å². The summed E-state index contributed by atoms with van der Waals surface area (Å²) in [5.41, 5.74) is 5.69. The number of aliphatic imine (C=N–C) groups is 1. The number of amides is 2. The minimum Gasteiger partial charge on any atom is -0.385 e. The van der Waals surface area contributed by atoms with Gasteiger partial charge in [-0.25, -0.2) is 4.79 Å². The Morgan fingerprint density at radius 2 is 1.85 bits per heavy atom. The predicted octanol–water partition coefficient (Wildman–Crippen LogP) is 4.73. The van der Waals surface area contributed by atoms with Gasteiger partial charge in [0.05, 0.1) is 17.9 Å². The summed E-state index contributed by atoms with van der Waals surface area (Å²) in [7, 11) is 1.71. The van der Waals surface area contributed by atoms with Gasteiger partial charge in [-0.15, -0.1) is 0 Å². The second-order valence-corrected chi connectivity index (χ2v) is 10.8. The molecule has 0 saturated carbocycles. The van der Waals surface area contributed by atoms with Crippen molar-refractivity contribution in [3.63, 3.8) is 0 Å². The van der Waals surface area contributed by atoms with Gasteiger partial charge in [0, 0.05) is 56.1 Å². The summed E-state index contributed by atoms with van der Waals surface area (Å²) in [6, 6.07) is 20.2. The Labute approximate surface area is 242 Å². The van der Waals surface area contributed by atoms with Crippen molar-refractivity contribution in [1.82, 2.24) is 16.0 Å². The summed E-state index contributed by atoms with van der Waals surface area (Å²) in [5, 5.41) is 19.1. The molecule has 0 spiro atoms. The lowest BCUT2D eigenvalue weighted by Gasteiger charge is -2.24. The van der Waals surface area contributed by atoms with Crippen LogP contribution in [0.15, 0.2) is 101 Å². The zero-order chi connectivity index (χ0) is 28.6. The maximum atomic E-state index is 13.5. The van der Waals surface area contributed by atoms with Crippen LogP contribution in [0.4, 0.5) is 4.79 Å². The molecule has 0 bridgehead atoms. The molecule has 5 atom stereocenters. The number of aliphatic hydroxyl groups excluding tert-OH is 1. The molecular formula is C33H40N4O4. The van der Waals surface area contributed by atoms with E-state index in [0.29, 0.717) is 19.7 Å². The fraction of sp³-hybridized carbons (Fsp3) is 0.394. The maximum Gasteiger partial charge on any atom is 0.319 e. The first-order chi connectivity index (χ1) is 20.0. The molecule has 4 N–H and O–H groups in total. The number of dihydropyridines is 1. The molecule has 1 fully saturated rings. The molecule has 8 heteroatoms. The van der Waals surface area contributed by atoms with Crippen LogP contribution in [0.25, 0.3) is 0 Å². The number of aliphatic hydroxyl groups is 1. The molecule has 3 aliphatic heterocycles. The molecule has 0 aliphatic carbocycles. The van der Waals surface area contributed by atoms with E-state index in [-0.39, 0.29) is 30.1 Å². The molecule has 3 heterocycles. The third-order valence-corrected chi connectivity index (χ3v) is 8.02. The number of benzene rings is 2. The highest BCUT2D eigenvalue weighted by atomic mass is 16.5. The number of carbonyl (C=O) groups is 1. The van der Waals surface area contributed by atoms with E-state index in [2.05, 4.69) is 40.2 Å². The monoisotopic (exact) mass is 556 g/mol. The lowest BCUT2D eigenvalue weighted by atomic mass is 9.89. The van der Waals surface area contributed by atoms with Gasteiger partial charge in [-0.2, -0.15) is 0 Å². The first-order valence-corrected chi connectivity index (χ1v) is 14.4. The number of allylic oxidation sites excluding steroid dienone is 4. The highest BCUT2D eigenvalue weighted by Crippen LogP contribution is 2.39. The van der Waals surface area contributed by atoms with Crippen LogP contribution in [-0.2, 0) is 9.47 Å². The average molecular weight is 557 g/mol.